The second-order valence-electron chi connectivity index (χ2n) is 2.91. The molecule has 0 spiro atoms. The summed E-state index contributed by atoms with van der Waals surface area (Å²) in [6, 6.07) is 0. The van der Waals surface area contributed by atoms with Gasteiger partial charge in [0, 0.05) is 5.54 Å². The van der Waals surface area contributed by atoms with Gasteiger partial charge in [-0.05, 0) is 33.2 Å². The molecule has 1 rings (SSSR count). The second kappa shape index (κ2) is 2.70. The first-order valence-corrected chi connectivity index (χ1v) is 2.96. The third-order valence-electron chi connectivity index (χ3n) is 1.58. The van der Waals surface area contributed by atoms with Crippen LogP contribution in [-0.4, -0.2) is 12.1 Å². The topological polar surface area (TPSA) is 12.0 Å². The van der Waals surface area contributed by atoms with Gasteiger partial charge in [0.1, 0.15) is 0 Å². The van der Waals surface area contributed by atoms with Gasteiger partial charge in [-0.1, -0.05) is 0 Å². The van der Waals surface area contributed by atoms with Crippen molar-refractivity contribution in [3.8, 4) is 0 Å². The van der Waals surface area contributed by atoms with Gasteiger partial charge in [-0.2, -0.15) is 0 Å². The molecule has 1 nitrogen and oxygen atoms in total. The van der Waals surface area contributed by atoms with E-state index in [0.29, 0.717) is 5.54 Å². The summed E-state index contributed by atoms with van der Waals surface area (Å²) in [4.78, 5) is 0. The van der Waals surface area contributed by atoms with Gasteiger partial charge in [-0.15, -0.1) is 12.4 Å². The first-order valence-electron chi connectivity index (χ1n) is 2.96. The normalized spacial score (nSPS) is 24.8. The van der Waals surface area contributed by atoms with E-state index in [4.69, 9.17) is 0 Å². The molecule has 0 unspecified atom stereocenters. The molecule has 1 fully saturated rings. The van der Waals surface area contributed by atoms with Gasteiger partial charge in [0.05, 0.1) is 0 Å². The van der Waals surface area contributed by atoms with E-state index >= 15 is 0 Å². The molecule has 1 N–H and O–H groups in total. The van der Waals surface area contributed by atoms with Crippen LogP contribution in [0.3, 0.4) is 0 Å². The maximum atomic E-state index is 3.40. The molecule has 0 atom stereocenters. The number of nitrogens with one attached hydrogen (secondary N) is 1. The maximum Gasteiger partial charge on any atom is 0.0125 e. The second-order valence-corrected chi connectivity index (χ2v) is 2.91. The van der Waals surface area contributed by atoms with E-state index in [1.165, 1.54) is 19.4 Å². The van der Waals surface area contributed by atoms with E-state index in [-0.39, 0.29) is 12.4 Å². The Kier molecular flexibility index (Phi) is 2.78. The molecule has 0 radical (unpaired) electrons. The zero-order valence-electron chi connectivity index (χ0n) is 5.53. The fraction of sp³-hybridized carbons (Fsp3) is 1.00. The SMILES string of the molecule is CC1(C)CCCN1.Cl. The van der Waals surface area contributed by atoms with Crippen molar-refractivity contribution in [2.24, 2.45) is 0 Å². The van der Waals surface area contributed by atoms with Crippen LogP contribution in [0.5, 0.6) is 0 Å². The van der Waals surface area contributed by atoms with E-state index in [1.54, 1.807) is 0 Å². The molecular weight excluding hydrogens is 122 g/mol. The average molecular weight is 136 g/mol. The number of halogens is 1. The third-order valence-corrected chi connectivity index (χ3v) is 1.58. The van der Waals surface area contributed by atoms with Crippen LogP contribution in [0.15, 0.2) is 0 Å². The average Bonchev–Trinajstić information content (AvgIpc) is 1.84. The molecule has 0 aromatic carbocycles. The lowest BCUT2D eigenvalue weighted by atomic mass is 10.0. The van der Waals surface area contributed by atoms with Gasteiger partial charge in [0.2, 0.25) is 0 Å². The molecule has 1 aliphatic heterocycles. The molecule has 0 aliphatic carbocycles. The van der Waals surface area contributed by atoms with E-state index in [0.717, 1.165) is 0 Å². The summed E-state index contributed by atoms with van der Waals surface area (Å²) >= 11 is 0. The highest BCUT2D eigenvalue weighted by Gasteiger charge is 2.20. The summed E-state index contributed by atoms with van der Waals surface area (Å²) in [7, 11) is 0. The van der Waals surface area contributed by atoms with Crippen molar-refractivity contribution in [3.63, 3.8) is 0 Å². The number of hydrogen-bond acceptors (Lipinski definition) is 1. The first-order chi connectivity index (χ1) is 3.21. The summed E-state index contributed by atoms with van der Waals surface area (Å²) in [5.41, 5.74) is 0.444. The van der Waals surface area contributed by atoms with Gasteiger partial charge in [-0.25, -0.2) is 0 Å². The number of hydrogen-bond donors (Lipinski definition) is 1. The predicted octanol–water partition coefficient (Wildman–Crippen LogP) is 1.57. The maximum absolute atomic E-state index is 3.40. The summed E-state index contributed by atoms with van der Waals surface area (Å²) < 4.78 is 0. The first kappa shape index (κ1) is 8.25. The van der Waals surface area contributed by atoms with Crippen LogP contribution in [0.1, 0.15) is 26.7 Å². The van der Waals surface area contributed by atoms with Crippen molar-refractivity contribution in [3.05, 3.63) is 0 Å². The van der Waals surface area contributed by atoms with Gasteiger partial charge in [0.25, 0.3) is 0 Å². The lowest BCUT2D eigenvalue weighted by molar-refractivity contribution is 0.460. The van der Waals surface area contributed by atoms with Crippen molar-refractivity contribution in [2.75, 3.05) is 6.54 Å². The molecule has 1 saturated heterocycles. The van der Waals surface area contributed by atoms with E-state index in [2.05, 4.69) is 19.2 Å². The molecule has 0 saturated carbocycles. The molecule has 0 aromatic heterocycles. The third kappa shape index (κ3) is 2.01. The fourth-order valence-electron chi connectivity index (χ4n) is 1.05. The largest absolute Gasteiger partial charge is 0.312 e. The van der Waals surface area contributed by atoms with Crippen molar-refractivity contribution in [1.29, 1.82) is 0 Å². The van der Waals surface area contributed by atoms with Crippen LogP contribution in [0.2, 0.25) is 0 Å². The Morgan fingerprint density at radius 3 is 2.12 bits per heavy atom. The standard InChI is InChI=1S/C6H13N.ClH/c1-6(2)4-3-5-7-6;/h7H,3-5H2,1-2H3;1H. The summed E-state index contributed by atoms with van der Waals surface area (Å²) in [6.07, 6.45) is 2.69. The highest BCUT2D eigenvalue weighted by atomic mass is 35.5. The Morgan fingerprint density at radius 1 is 1.38 bits per heavy atom. The Bertz CT molecular complexity index is 62.9. The molecule has 50 valence electrons. The molecule has 1 aliphatic rings. The quantitative estimate of drug-likeness (QED) is 0.532. The van der Waals surface area contributed by atoms with Crippen molar-refractivity contribution in [2.45, 2.75) is 32.2 Å². The molecule has 8 heavy (non-hydrogen) atoms. The summed E-state index contributed by atoms with van der Waals surface area (Å²) in [5, 5.41) is 3.40. The van der Waals surface area contributed by atoms with Gasteiger partial charge >= 0.3 is 0 Å². The Labute approximate surface area is 57.3 Å². The molecule has 0 bridgehead atoms. The Hall–Kier alpha value is 0.250. The highest BCUT2D eigenvalue weighted by Crippen LogP contribution is 2.15. The fourth-order valence-corrected chi connectivity index (χ4v) is 1.05. The van der Waals surface area contributed by atoms with E-state index in [1.807, 2.05) is 0 Å². The van der Waals surface area contributed by atoms with Crippen LogP contribution < -0.4 is 5.32 Å². The molecular formula is C6H14ClN. The molecule has 0 amide bonds. The highest BCUT2D eigenvalue weighted by molar-refractivity contribution is 5.85. The smallest absolute Gasteiger partial charge is 0.0125 e. The van der Waals surface area contributed by atoms with Crippen molar-refractivity contribution >= 4 is 12.4 Å². The monoisotopic (exact) mass is 135 g/mol. The van der Waals surface area contributed by atoms with Gasteiger partial charge in [-0.3, -0.25) is 0 Å². The predicted molar refractivity (Wildman–Crippen MR) is 38.6 cm³/mol. The molecule has 1 heterocycles. The minimum Gasteiger partial charge on any atom is -0.312 e. The molecule has 0 aromatic rings. The van der Waals surface area contributed by atoms with Crippen molar-refractivity contribution in [1.82, 2.24) is 5.32 Å². The lowest BCUT2D eigenvalue weighted by Gasteiger charge is -2.15. The van der Waals surface area contributed by atoms with Crippen LogP contribution in [0, 0.1) is 0 Å². The zero-order valence-corrected chi connectivity index (χ0v) is 6.35. The van der Waals surface area contributed by atoms with Gasteiger partial charge in [0.15, 0.2) is 0 Å². The minimum absolute atomic E-state index is 0. The van der Waals surface area contributed by atoms with E-state index < -0.39 is 0 Å². The lowest BCUT2D eigenvalue weighted by Crippen LogP contribution is -2.31. The minimum atomic E-state index is 0. The molecule has 2 heteroatoms. The Balaban J connectivity index is 0.000000490. The van der Waals surface area contributed by atoms with Crippen LogP contribution in [-0.2, 0) is 0 Å². The Morgan fingerprint density at radius 2 is 2.00 bits per heavy atom. The van der Waals surface area contributed by atoms with Crippen LogP contribution >= 0.6 is 12.4 Å². The number of rotatable bonds is 0. The zero-order chi connectivity index (χ0) is 5.33. The van der Waals surface area contributed by atoms with Gasteiger partial charge < -0.3 is 5.32 Å². The summed E-state index contributed by atoms with van der Waals surface area (Å²) in [5.74, 6) is 0. The van der Waals surface area contributed by atoms with E-state index in [9.17, 15) is 0 Å². The van der Waals surface area contributed by atoms with Crippen LogP contribution in [0.4, 0.5) is 0 Å². The summed E-state index contributed by atoms with van der Waals surface area (Å²) in [6.45, 7) is 5.72. The van der Waals surface area contributed by atoms with Crippen molar-refractivity contribution < 1.29 is 0 Å². The van der Waals surface area contributed by atoms with Crippen LogP contribution in [0.25, 0.3) is 0 Å².